The lowest BCUT2D eigenvalue weighted by atomic mass is 10.1. The van der Waals surface area contributed by atoms with E-state index in [0.717, 1.165) is 62.3 Å². The molecular formula is C25H20N8OS. The predicted octanol–water partition coefficient (Wildman–Crippen LogP) is 4.83. The smallest absolute Gasteiger partial charge is 0.159 e. The first-order valence-corrected chi connectivity index (χ1v) is 12.2. The average Bonchev–Trinajstić information content (AvgIpc) is 3.26. The minimum atomic E-state index is -0.551. The molecule has 4 N–H and O–H groups in total. The molecule has 1 unspecified atom stereocenters. The molecule has 9 nitrogen and oxygen atoms in total. The van der Waals surface area contributed by atoms with Crippen LogP contribution in [0.15, 0.2) is 60.5 Å². The lowest BCUT2D eigenvalue weighted by Crippen LogP contribution is -2.20. The fraction of sp³-hybridized carbons (Fsp3) is 0.160. The molecule has 0 aliphatic heterocycles. The highest BCUT2D eigenvalue weighted by molar-refractivity contribution is 7.13. The van der Waals surface area contributed by atoms with Crippen LogP contribution in [0.1, 0.15) is 12.8 Å². The lowest BCUT2D eigenvalue weighted by molar-refractivity contribution is 0.180. The van der Waals surface area contributed by atoms with Crippen molar-refractivity contribution in [3.05, 3.63) is 60.5 Å². The Balaban J connectivity index is 1.28. The highest BCUT2D eigenvalue weighted by atomic mass is 32.1. The number of pyridine rings is 3. The van der Waals surface area contributed by atoms with Gasteiger partial charge >= 0.3 is 0 Å². The maximum absolute atomic E-state index is 10.2. The summed E-state index contributed by atoms with van der Waals surface area (Å²) < 4.78 is 0. The van der Waals surface area contributed by atoms with Gasteiger partial charge in [0, 0.05) is 29.3 Å². The van der Waals surface area contributed by atoms with Gasteiger partial charge in [0.05, 0.1) is 39.7 Å². The Bertz CT molecular complexity index is 1670. The second-order valence-corrected chi connectivity index (χ2v) is 9.64. The Labute approximate surface area is 203 Å². The molecule has 0 aromatic carbocycles. The van der Waals surface area contributed by atoms with Gasteiger partial charge in [0.15, 0.2) is 5.82 Å². The van der Waals surface area contributed by atoms with E-state index in [1.165, 1.54) is 0 Å². The molecular weight excluding hydrogens is 460 g/mol. The van der Waals surface area contributed by atoms with Crippen molar-refractivity contribution in [1.82, 2.24) is 35.1 Å². The van der Waals surface area contributed by atoms with Gasteiger partial charge in [0.2, 0.25) is 0 Å². The summed E-state index contributed by atoms with van der Waals surface area (Å²) in [7, 11) is 0. The Morgan fingerprint density at radius 2 is 2.00 bits per heavy atom. The molecule has 35 heavy (non-hydrogen) atoms. The summed E-state index contributed by atoms with van der Waals surface area (Å²) in [4.78, 5) is 22.8. The van der Waals surface area contributed by atoms with Gasteiger partial charge in [-0.3, -0.25) is 20.1 Å². The number of nitrogens with zero attached hydrogens (tertiary/aromatic N) is 5. The normalized spacial score (nSPS) is 14.5. The number of aromatic nitrogens is 7. The molecule has 6 aromatic heterocycles. The molecule has 10 heteroatoms. The molecule has 172 valence electrons. The molecule has 0 spiro atoms. The first kappa shape index (κ1) is 20.2. The minimum absolute atomic E-state index is 0.320. The maximum atomic E-state index is 10.2. The topological polar surface area (TPSA) is 128 Å². The van der Waals surface area contributed by atoms with E-state index < -0.39 is 6.23 Å². The fourth-order valence-electron chi connectivity index (χ4n) is 4.26. The summed E-state index contributed by atoms with van der Waals surface area (Å²) in [6, 6.07) is 9.91. The van der Waals surface area contributed by atoms with Gasteiger partial charge in [-0.2, -0.15) is 5.10 Å². The molecule has 0 saturated heterocycles. The van der Waals surface area contributed by atoms with Crippen molar-refractivity contribution < 1.29 is 5.11 Å². The average molecular weight is 481 g/mol. The van der Waals surface area contributed by atoms with E-state index in [2.05, 4.69) is 35.5 Å². The van der Waals surface area contributed by atoms with Crippen LogP contribution in [-0.2, 0) is 0 Å². The van der Waals surface area contributed by atoms with E-state index in [-0.39, 0.29) is 0 Å². The number of hydrogen-bond donors (Lipinski definition) is 4. The number of fused-ring (bicyclic) bond motifs is 2. The van der Waals surface area contributed by atoms with Crippen LogP contribution >= 0.6 is 11.3 Å². The molecule has 6 aromatic rings. The zero-order valence-corrected chi connectivity index (χ0v) is 19.3. The fourth-order valence-corrected chi connectivity index (χ4v) is 4.98. The van der Waals surface area contributed by atoms with E-state index in [0.29, 0.717) is 17.4 Å². The number of nitrogens with one attached hydrogen (secondary N) is 3. The van der Waals surface area contributed by atoms with Crippen molar-refractivity contribution in [3.63, 3.8) is 0 Å². The summed E-state index contributed by atoms with van der Waals surface area (Å²) in [5.74, 6) is 0.983. The number of H-pyrrole nitrogens is 2. The molecule has 1 fully saturated rings. The third-order valence-electron chi connectivity index (χ3n) is 6.24. The van der Waals surface area contributed by atoms with Gasteiger partial charge in [-0.25, -0.2) is 4.98 Å². The molecule has 0 bridgehead atoms. The SMILES string of the molecule is OC(Nc1cncc(-c2cc3c(-c4nc5c(-c6cccs6)nccc5[nH]4)n[nH]c3cn2)c1)C1CC1. The molecule has 7 rings (SSSR count). The molecule has 0 radical (unpaired) electrons. The largest absolute Gasteiger partial charge is 0.374 e. The zero-order chi connectivity index (χ0) is 23.4. The van der Waals surface area contributed by atoms with E-state index >= 15 is 0 Å². The maximum Gasteiger partial charge on any atom is 0.159 e. The number of aromatic amines is 2. The number of thiophene rings is 1. The second kappa shape index (κ2) is 7.97. The van der Waals surface area contributed by atoms with Crippen molar-refractivity contribution in [2.45, 2.75) is 19.1 Å². The van der Waals surface area contributed by atoms with Crippen LogP contribution < -0.4 is 5.32 Å². The van der Waals surface area contributed by atoms with E-state index in [1.54, 1.807) is 36.1 Å². The standard InChI is InChI=1S/C25H20N8OS/c34-25(13-3-4-13)29-15-8-14(10-26-11-15)18-9-16-19(12-28-18)32-33-21(16)24-30-17-5-6-27-23(22(17)31-24)20-2-1-7-35-20/h1-2,5-13,25,29,34H,3-4H2,(H,30,31)(H,32,33). The summed E-state index contributed by atoms with van der Waals surface area (Å²) in [5.41, 5.74) is 6.47. The van der Waals surface area contributed by atoms with Crippen molar-refractivity contribution >= 4 is 39.0 Å². The van der Waals surface area contributed by atoms with Crippen molar-refractivity contribution in [2.24, 2.45) is 5.92 Å². The number of imidazole rings is 1. The third kappa shape index (κ3) is 3.63. The zero-order valence-electron chi connectivity index (χ0n) is 18.4. The first-order valence-electron chi connectivity index (χ1n) is 11.4. The predicted molar refractivity (Wildman–Crippen MR) is 136 cm³/mol. The lowest BCUT2D eigenvalue weighted by Gasteiger charge is -2.13. The molecule has 1 atom stereocenters. The molecule has 1 aliphatic carbocycles. The molecule has 1 aliphatic rings. The number of aliphatic hydroxyl groups is 1. The van der Waals surface area contributed by atoms with Crippen LogP contribution in [0, 0.1) is 5.92 Å². The van der Waals surface area contributed by atoms with Gasteiger partial charge in [-0.15, -0.1) is 11.3 Å². The van der Waals surface area contributed by atoms with Gasteiger partial charge in [-0.1, -0.05) is 6.07 Å². The van der Waals surface area contributed by atoms with Crippen LogP contribution in [0.3, 0.4) is 0 Å². The molecule has 1 saturated carbocycles. The van der Waals surface area contributed by atoms with Crippen molar-refractivity contribution in [1.29, 1.82) is 0 Å². The number of hydrogen-bond acceptors (Lipinski definition) is 8. The molecule has 6 heterocycles. The summed E-state index contributed by atoms with van der Waals surface area (Å²) in [6.45, 7) is 0. The van der Waals surface area contributed by atoms with Crippen LogP contribution in [0.5, 0.6) is 0 Å². The van der Waals surface area contributed by atoms with Crippen molar-refractivity contribution in [3.8, 4) is 33.3 Å². The quantitative estimate of drug-likeness (QED) is 0.251. The summed E-state index contributed by atoms with van der Waals surface area (Å²) in [6.07, 6.45) is 8.59. The Morgan fingerprint density at radius 1 is 1.06 bits per heavy atom. The number of aliphatic hydroxyl groups excluding tert-OH is 1. The van der Waals surface area contributed by atoms with Gasteiger partial charge < -0.3 is 15.4 Å². The highest BCUT2D eigenvalue weighted by Gasteiger charge is 2.29. The van der Waals surface area contributed by atoms with E-state index in [9.17, 15) is 5.11 Å². The third-order valence-corrected chi connectivity index (χ3v) is 7.12. The Kier molecular flexibility index (Phi) is 4.61. The summed E-state index contributed by atoms with van der Waals surface area (Å²) in [5, 5.41) is 23.9. The number of rotatable bonds is 6. The van der Waals surface area contributed by atoms with Gasteiger partial charge in [-0.05, 0) is 42.5 Å². The van der Waals surface area contributed by atoms with Crippen LogP contribution in [0.4, 0.5) is 5.69 Å². The van der Waals surface area contributed by atoms with Crippen molar-refractivity contribution in [2.75, 3.05) is 5.32 Å². The van der Waals surface area contributed by atoms with E-state index in [4.69, 9.17) is 4.98 Å². The summed E-state index contributed by atoms with van der Waals surface area (Å²) >= 11 is 1.64. The van der Waals surface area contributed by atoms with Gasteiger partial charge in [0.25, 0.3) is 0 Å². The Hall–Kier alpha value is -4.15. The van der Waals surface area contributed by atoms with Crippen LogP contribution in [0.2, 0.25) is 0 Å². The first-order chi connectivity index (χ1) is 17.2. The molecule has 0 amide bonds. The van der Waals surface area contributed by atoms with E-state index in [1.807, 2.05) is 35.7 Å². The van der Waals surface area contributed by atoms with Gasteiger partial charge in [0.1, 0.15) is 23.1 Å². The van der Waals surface area contributed by atoms with Crippen LogP contribution in [-0.4, -0.2) is 46.5 Å². The van der Waals surface area contributed by atoms with Crippen LogP contribution in [0.25, 0.3) is 55.3 Å². The number of anilines is 1. The monoisotopic (exact) mass is 480 g/mol. The minimum Gasteiger partial charge on any atom is -0.374 e. The highest BCUT2D eigenvalue weighted by Crippen LogP contribution is 2.34. The second-order valence-electron chi connectivity index (χ2n) is 8.69. The Morgan fingerprint density at radius 3 is 2.86 bits per heavy atom.